The van der Waals surface area contributed by atoms with Crippen LogP contribution < -0.4 is 15.4 Å². The number of aliphatic imine (C=N–C) groups is 1. The first-order valence-electron chi connectivity index (χ1n) is 9.19. The van der Waals surface area contributed by atoms with Crippen molar-refractivity contribution in [3.8, 4) is 5.75 Å². The Hall–Kier alpha value is -2.50. The molecule has 0 atom stereocenters. The van der Waals surface area contributed by atoms with Crippen LogP contribution in [0.1, 0.15) is 37.7 Å². The largest absolute Gasteiger partial charge is 0.496 e. The highest BCUT2D eigenvalue weighted by Crippen LogP contribution is 2.20. The molecule has 0 unspecified atom stereocenters. The highest BCUT2D eigenvalue weighted by Gasteiger charge is 2.07. The molecule has 2 N–H and O–H groups in total. The summed E-state index contributed by atoms with van der Waals surface area (Å²) in [6.07, 6.45) is 3.87. The number of nitrogens with zero attached hydrogens (tertiary/aromatic N) is 3. The molecule has 1 aromatic carbocycles. The normalized spacial score (nSPS) is 11.7. The van der Waals surface area contributed by atoms with Gasteiger partial charge in [-0.25, -0.2) is 9.98 Å². The minimum Gasteiger partial charge on any atom is -0.496 e. The molecular formula is C20H31N5O. The average Bonchev–Trinajstić information content (AvgIpc) is 3.04. The number of benzene rings is 1. The van der Waals surface area contributed by atoms with Gasteiger partial charge in [0, 0.05) is 31.0 Å². The molecule has 26 heavy (non-hydrogen) atoms. The van der Waals surface area contributed by atoms with Crippen LogP contribution in [0.25, 0.3) is 0 Å². The Morgan fingerprint density at radius 1 is 1.31 bits per heavy atom. The Morgan fingerprint density at radius 2 is 2.12 bits per heavy atom. The molecule has 2 aromatic rings. The van der Waals surface area contributed by atoms with Crippen molar-refractivity contribution in [2.75, 3.05) is 13.7 Å². The molecule has 0 bridgehead atoms. The molecule has 0 aliphatic rings. The summed E-state index contributed by atoms with van der Waals surface area (Å²) in [4.78, 5) is 9.14. The molecule has 0 spiro atoms. The molecule has 0 aliphatic carbocycles. The molecule has 0 amide bonds. The lowest BCUT2D eigenvalue weighted by Gasteiger charge is -2.14. The van der Waals surface area contributed by atoms with Crippen LogP contribution in [0, 0.1) is 12.8 Å². The van der Waals surface area contributed by atoms with Gasteiger partial charge in [0.1, 0.15) is 11.6 Å². The van der Waals surface area contributed by atoms with Crippen molar-refractivity contribution >= 4 is 5.96 Å². The van der Waals surface area contributed by atoms with Crippen molar-refractivity contribution < 1.29 is 4.74 Å². The minimum absolute atomic E-state index is 0.555. The zero-order valence-electron chi connectivity index (χ0n) is 16.5. The summed E-state index contributed by atoms with van der Waals surface area (Å²) >= 11 is 0. The Bertz CT molecular complexity index is 721. The van der Waals surface area contributed by atoms with Crippen LogP contribution in [0.2, 0.25) is 0 Å². The molecule has 6 nitrogen and oxygen atoms in total. The van der Waals surface area contributed by atoms with E-state index in [0.717, 1.165) is 36.2 Å². The first-order valence-corrected chi connectivity index (χ1v) is 9.19. The lowest BCUT2D eigenvalue weighted by molar-refractivity contribution is 0.409. The second-order valence-corrected chi connectivity index (χ2v) is 6.75. The van der Waals surface area contributed by atoms with Crippen LogP contribution in [0.5, 0.6) is 5.75 Å². The van der Waals surface area contributed by atoms with Gasteiger partial charge in [0.2, 0.25) is 0 Å². The van der Waals surface area contributed by atoms with E-state index in [0.29, 0.717) is 19.0 Å². The third-order valence-corrected chi connectivity index (χ3v) is 3.97. The third kappa shape index (κ3) is 5.79. The Morgan fingerprint density at radius 3 is 2.81 bits per heavy atom. The maximum Gasteiger partial charge on any atom is 0.191 e. The van der Waals surface area contributed by atoms with E-state index in [1.165, 1.54) is 5.56 Å². The summed E-state index contributed by atoms with van der Waals surface area (Å²) in [6, 6.07) is 6.18. The van der Waals surface area contributed by atoms with Crippen molar-refractivity contribution in [2.24, 2.45) is 10.9 Å². The number of nitrogens with one attached hydrogen (secondary N) is 2. The number of rotatable bonds is 8. The van der Waals surface area contributed by atoms with Crippen LogP contribution >= 0.6 is 0 Å². The molecule has 1 heterocycles. The third-order valence-electron chi connectivity index (χ3n) is 3.97. The van der Waals surface area contributed by atoms with Gasteiger partial charge >= 0.3 is 0 Å². The van der Waals surface area contributed by atoms with Gasteiger partial charge < -0.3 is 19.9 Å². The predicted octanol–water partition coefficient (Wildman–Crippen LogP) is 3.11. The molecule has 142 valence electrons. The van der Waals surface area contributed by atoms with Crippen molar-refractivity contribution in [2.45, 2.75) is 47.3 Å². The summed E-state index contributed by atoms with van der Waals surface area (Å²) in [7, 11) is 1.69. The first kappa shape index (κ1) is 19.8. The number of methoxy groups -OCH3 is 1. The fourth-order valence-corrected chi connectivity index (χ4v) is 2.72. The molecule has 0 saturated heterocycles. The maximum absolute atomic E-state index is 5.47. The number of imidazole rings is 1. The maximum atomic E-state index is 5.47. The van der Waals surface area contributed by atoms with Crippen LogP contribution in [0.4, 0.5) is 0 Å². The van der Waals surface area contributed by atoms with Crippen molar-refractivity contribution in [3.63, 3.8) is 0 Å². The van der Waals surface area contributed by atoms with Crippen molar-refractivity contribution in [1.82, 2.24) is 20.2 Å². The molecule has 0 fully saturated rings. The van der Waals surface area contributed by atoms with E-state index in [1.807, 2.05) is 18.5 Å². The number of guanidine groups is 1. The van der Waals surface area contributed by atoms with E-state index in [9.17, 15) is 0 Å². The van der Waals surface area contributed by atoms with Crippen LogP contribution in [0.3, 0.4) is 0 Å². The Kier molecular flexibility index (Phi) is 7.51. The molecule has 1 aromatic heterocycles. The highest BCUT2D eigenvalue weighted by atomic mass is 16.5. The lowest BCUT2D eigenvalue weighted by Crippen LogP contribution is -2.37. The van der Waals surface area contributed by atoms with Crippen LogP contribution in [-0.2, 0) is 19.6 Å². The molecule has 6 heteroatoms. The van der Waals surface area contributed by atoms with Gasteiger partial charge in [-0.15, -0.1) is 0 Å². The number of hydrogen-bond donors (Lipinski definition) is 2. The number of ether oxygens (including phenoxy) is 1. The first-order chi connectivity index (χ1) is 12.5. The Balaban J connectivity index is 2.04. The van der Waals surface area contributed by atoms with Crippen molar-refractivity contribution in [1.29, 1.82) is 0 Å². The summed E-state index contributed by atoms with van der Waals surface area (Å²) in [5, 5.41) is 6.66. The monoisotopic (exact) mass is 357 g/mol. The Labute approximate surface area is 156 Å². The summed E-state index contributed by atoms with van der Waals surface area (Å²) < 4.78 is 7.65. The second kappa shape index (κ2) is 9.85. The molecule has 2 rings (SSSR count). The molecule has 0 saturated carbocycles. The number of aromatic nitrogens is 2. The quantitative estimate of drug-likeness (QED) is 0.563. The zero-order chi connectivity index (χ0) is 18.9. The molecular weight excluding hydrogens is 326 g/mol. The van der Waals surface area contributed by atoms with Gasteiger partial charge in [-0.1, -0.05) is 26.0 Å². The van der Waals surface area contributed by atoms with E-state index in [2.05, 4.69) is 65.0 Å². The van der Waals surface area contributed by atoms with Crippen molar-refractivity contribution in [3.05, 3.63) is 47.5 Å². The average molecular weight is 358 g/mol. The number of hydrogen-bond acceptors (Lipinski definition) is 3. The molecule has 0 radical (unpaired) electrons. The smallest absolute Gasteiger partial charge is 0.191 e. The minimum atomic E-state index is 0.555. The summed E-state index contributed by atoms with van der Waals surface area (Å²) in [5.41, 5.74) is 2.24. The second-order valence-electron chi connectivity index (χ2n) is 6.75. The van der Waals surface area contributed by atoms with Gasteiger partial charge in [0.25, 0.3) is 0 Å². The standard InChI is InChI=1S/C20H31N5O/c1-6-21-20(23-12-17-8-7-16(4)11-18(17)26-5)24-13-19-22-9-10-25(19)14-15(2)3/h7-11,15H,6,12-14H2,1-5H3,(H2,21,23,24). The fraction of sp³-hybridized carbons (Fsp3) is 0.500. The summed E-state index contributed by atoms with van der Waals surface area (Å²) in [6.45, 7) is 11.5. The summed E-state index contributed by atoms with van der Waals surface area (Å²) in [5.74, 6) is 3.24. The van der Waals surface area contributed by atoms with Gasteiger partial charge in [0.05, 0.1) is 20.2 Å². The van der Waals surface area contributed by atoms with Crippen LogP contribution in [0.15, 0.2) is 35.6 Å². The zero-order valence-corrected chi connectivity index (χ0v) is 16.5. The number of aryl methyl sites for hydroxylation is 1. The van der Waals surface area contributed by atoms with Gasteiger partial charge in [0.15, 0.2) is 5.96 Å². The lowest BCUT2D eigenvalue weighted by atomic mass is 10.1. The van der Waals surface area contributed by atoms with Gasteiger partial charge in [-0.05, 0) is 31.4 Å². The molecule has 0 aliphatic heterocycles. The predicted molar refractivity (Wildman–Crippen MR) is 106 cm³/mol. The SMILES string of the molecule is CCNC(=NCc1ccc(C)cc1OC)NCc1nccn1CC(C)C. The van der Waals surface area contributed by atoms with Crippen LogP contribution in [-0.4, -0.2) is 29.2 Å². The fourth-order valence-electron chi connectivity index (χ4n) is 2.72. The van der Waals surface area contributed by atoms with E-state index >= 15 is 0 Å². The van der Waals surface area contributed by atoms with E-state index in [4.69, 9.17) is 4.74 Å². The van der Waals surface area contributed by atoms with E-state index in [-0.39, 0.29) is 0 Å². The van der Waals surface area contributed by atoms with Gasteiger partial charge in [-0.2, -0.15) is 0 Å². The van der Waals surface area contributed by atoms with Gasteiger partial charge in [-0.3, -0.25) is 0 Å². The topological polar surface area (TPSA) is 63.5 Å². The van der Waals surface area contributed by atoms with E-state index < -0.39 is 0 Å². The van der Waals surface area contributed by atoms with E-state index in [1.54, 1.807) is 7.11 Å². The highest BCUT2D eigenvalue weighted by molar-refractivity contribution is 5.79.